The molecule has 1 aliphatic rings. The molecule has 1 saturated carbocycles. The Kier molecular flexibility index (Phi) is 6.12. The molecule has 0 radical (unpaired) electrons. The minimum atomic E-state index is -4.69. The summed E-state index contributed by atoms with van der Waals surface area (Å²) in [6, 6.07) is 6.43. The quantitative estimate of drug-likeness (QED) is 0.643. The highest BCUT2D eigenvalue weighted by Gasteiger charge is 2.31. The number of rotatable bonds is 5. The monoisotopic (exact) mass is 329 g/mol. The Morgan fingerprint density at radius 1 is 1.22 bits per heavy atom. The summed E-state index contributed by atoms with van der Waals surface area (Å²) in [5.74, 6) is 0.167. The highest BCUT2D eigenvalue weighted by molar-refractivity contribution is 5.78. The van der Waals surface area contributed by atoms with E-state index in [-0.39, 0.29) is 5.75 Å². The van der Waals surface area contributed by atoms with Gasteiger partial charge in [0.2, 0.25) is 0 Å². The third kappa shape index (κ3) is 6.38. The van der Waals surface area contributed by atoms with Crippen LogP contribution in [0, 0.1) is 0 Å². The van der Waals surface area contributed by atoms with Gasteiger partial charge >= 0.3 is 6.36 Å². The van der Waals surface area contributed by atoms with E-state index in [4.69, 9.17) is 5.73 Å². The molecule has 0 atom stereocenters. The van der Waals surface area contributed by atoms with Crippen LogP contribution in [0.5, 0.6) is 5.75 Å². The number of para-hydroxylation sites is 1. The van der Waals surface area contributed by atoms with Gasteiger partial charge < -0.3 is 15.8 Å². The van der Waals surface area contributed by atoms with E-state index in [1.807, 2.05) is 0 Å². The van der Waals surface area contributed by atoms with Crippen molar-refractivity contribution in [2.45, 2.75) is 50.9 Å². The molecule has 1 aliphatic carbocycles. The predicted octanol–water partition coefficient (Wildman–Crippen LogP) is 3.36. The molecule has 0 amide bonds. The lowest BCUT2D eigenvalue weighted by Gasteiger charge is -2.23. The Labute approximate surface area is 133 Å². The number of hydrogen-bond acceptors (Lipinski definition) is 2. The summed E-state index contributed by atoms with van der Waals surface area (Å²) < 4.78 is 41.1. The van der Waals surface area contributed by atoms with Gasteiger partial charge in [0.05, 0.1) is 0 Å². The van der Waals surface area contributed by atoms with Crippen molar-refractivity contribution in [1.29, 1.82) is 0 Å². The first-order chi connectivity index (χ1) is 10.9. The van der Waals surface area contributed by atoms with E-state index in [1.165, 1.54) is 31.4 Å². The van der Waals surface area contributed by atoms with Crippen LogP contribution in [0.25, 0.3) is 0 Å². The molecule has 1 aromatic rings. The molecule has 0 aromatic heterocycles. The van der Waals surface area contributed by atoms with Crippen molar-refractivity contribution in [3.05, 3.63) is 29.8 Å². The molecule has 23 heavy (non-hydrogen) atoms. The second-order valence-corrected chi connectivity index (χ2v) is 5.65. The maximum absolute atomic E-state index is 12.4. The van der Waals surface area contributed by atoms with Crippen molar-refractivity contribution in [3.63, 3.8) is 0 Å². The fourth-order valence-corrected chi connectivity index (χ4v) is 2.73. The Morgan fingerprint density at radius 3 is 2.61 bits per heavy atom. The Morgan fingerprint density at radius 2 is 1.91 bits per heavy atom. The summed E-state index contributed by atoms with van der Waals surface area (Å²) in [4.78, 5) is 4.20. The Bertz CT molecular complexity index is 526. The first-order valence-electron chi connectivity index (χ1n) is 7.84. The van der Waals surface area contributed by atoms with Crippen LogP contribution < -0.4 is 15.8 Å². The van der Waals surface area contributed by atoms with E-state index in [9.17, 15) is 13.2 Å². The third-order valence-electron chi connectivity index (χ3n) is 3.82. The summed E-state index contributed by atoms with van der Waals surface area (Å²) in [6.45, 7) is 0.309. The standard InChI is InChI=1S/C16H22F3N3O/c17-16(18,19)23-14-9-5-4-6-12(14)10-11-21-15(20)22-13-7-2-1-3-8-13/h4-6,9,13H,1-3,7-8,10-11H2,(H3,20,21,22). The molecule has 3 N–H and O–H groups in total. The predicted molar refractivity (Wildman–Crippen MR) is 83.3 cm³/mol. The average Bonchev–Trinajstić information content (AvgIpc) is 2.48. The molecule has 0 saturated heterocycles. The SMILES string of the molecule is NC(=NCCc1ccccc1OC(F)(F)F)NC1CCCCC1. The van der Waals surface area contributed by atoms with E-state index < -0.39 is 6.36 Å². The number of ether oxygens (including phenoxy) is 1. The smallest absolute Gasteiger partial charge is 0.406 e. The fraction of sp³-hybridized carbons (Fsp3) is 0.562. The number of nitrogens with one attached hydrogen (secondary N) is 1. The van der Waals surface area contributed by atoms with Crippen LogP contribution in [0.4, 0.5) is 13.2 Å². The van der Waals surface area contributed by atoms with Crippen molar-refractivity contribution in [2.75, 3.05) is 6.54 Å². The van der Waals surface area contributed by atoms with Crippen LogP contribution in [0.2, 0.25) is 0 Å². The van der Waals surface area contributed by atoms with Crippen LogP contribution in [-0.4, -0.2) is 24.9 Å². The van der Waals surface area contributed by atoms with Gasteiger partial charge in [0.1, 0.15) is 5.75 Å². The second kappa shape index (κ2) is 8.08. The fourth-order valence-electron chi connectivity index (χ4n) is 2.73. The highest BCUT2D eigenvalue weighted by atomic mass is 19.4. The van der Waals surface area contributed by atoms with Crippen molar-refractivity contribution < 1.29 is 17.9 Å². The molecule has 128 valence electrons. The number of hydrogen-bond donors (Lipinski definition) is 2. The van der Waals surface area contributed by atoms with Crippen LogP contribution in [-0.2, 0) is 6.42 Å². The molecule has 2 rings (SSSR count). The molecule has 1 aromatic carbocycles. The maximum Gasteiger partial charge on any atom is 0.573 e. The van der Waals surface area contributed by atoms with E-state index in [0.717, 1.165) is 12.8 Å². The number of guanidine groups is 1. The molecule has 0 heterocycles. The minimum absolute atomic E-state index is 0.186. The minimum Gasteiger partial charge on any atom is -0.406 e. The molecule has 0 unspecified atom stereocenters. The Balaban J connectivity index is 1.86. The zero-order chi connectivity index (χ0) is 16.7. The zero-order valence-electron chi connectivity index (χ0n) is 12.9. The van der Waals surface area contributed by atoms with Crippen LogP contribution >= 0.6 is 0 Å². The number of aliphatic imine (C=N–C) groups is 1. The molecule has 4 nitrogen and oxygen atoms in total. The molecule has 7 heteroatoms. The number of alkyl halides is 3. The summed E-state index contributed by atoms with van der Waals surface area (Å²) in [5.41, 5.74) is 6.29. The molecule has 0 aliphatic heterocycles. The number of benzene rings is 1. The lowest BCUT2D eigenvalue weighted by Crippen LogP contribution is -2.41. The highest BCUT2D eigenvalue weighted by Crippen LogP contribution is 2.26. The average molecular weight is 329 g/mol. The van der Waals surface area contributed by atoms with Gasteiger partial charge in [0.15, 0.2) is 5.96 Å². The third-order valence-corrected chi connectivity index (χ3v) is 3.82. The lowest BCUT2D eigenvalue weighted by atomic mass is 9.96. The number of halogens is 3. The van der Waals surface area contributed by atoms with Gasteiger partial charge in [-0.2, -0.15) is 0 Å². The van der Waals surface area contributed by atoms with Gasteiger partial charge in [-0.15, -0.1) is 13.2 Å². The lowest BCUT2D eigenvalue weighted by molar-refractivity contribution is -0.274. The van der Waals surface area contributed by atoms with Gasteiger partial charge in [0.25, 0.3) is 0 Å². The van der Waals surface area contributed by atoms with Gasteiger partial charge in [-0.05, 0) is 30.9 Å². The van der Waals surface area contributed by atoms with Gasteiger partial charge in [-0.25, -0.2) is 0 Å². The summed E-state index contributed by atoms with van der Waals surface area (Å²) in [5, 5.41) is 3.17. The van der Waals surface area contributed by atoms with E-state index in [0.29, 0.717) is 30.5 Å². The summed E-state index contributed by atoms with van der Waals surface area (Å²) in [6.07, 6.45) is 1.43. The molecule has 0 bridgehead atoms. The van der Waals surface area contributed by atoms with E-state index in [1.54, 1.807) is 12.1 Å². The maximum atomic E-state index is 12.4. The molecular formula is C16H22F3N3O. The normalized spacial score (nSPS) is 17.1. The summed E-state index contributed by atoms with van der Waals surface area (Å²) in [7, 11) is 0. The van der Waals surface area contributed by atoms with Crippen molar-refractivity contribution >= 4 is 5.96 Å². The van der Waals surface area contributed by atoms with Crippen molar-refractivity contribution in [3.8, 4) is 5.75 Å². The molecular weight excluding hydrogens is 307 g/mol. The Hall–Kier alpha value is -1.92. The van der Waals surface area contributed by atoms with Gasteiger partial charge in [-0.3, -0.25) is 4.99 Å². The summed E-state index contributed by atoms with van der Waals surface area (Å²) >= 11 is 0. The van der Waals surface area contributed by atoms with E-state index >= 15 is 0 Å². The van der Waals surface area contributed by atoms with E-state index in [2.05, 4.69) is 15.0 Å². The van der Waals surface area contributed by atoms with Crippen LogP contribution in [0.1, 0.15) is 37.7 Å². The second-order valence-electron chi connectivity index (χ2n) is 5.65. The largest absolute Gasteiger partial charge is 0.573 e. The number of nitrogens with zero attached hydrogens (tertiary/aromatic N) is 1. The van der Waals surface area contributed by atoms with Gasteiger partial charge in [-0.1, -0.05) is 37.5 Å². The van der Waals surface area contributed by atoms with Crippen LogP contribution in [0.15, 0.2) is 29.3 Å². The first kappa shape index (κ1) is 17.4. The topological polar surface area (TPSA) is 59.6 Å². The van der Waals surface area contributed by atoms with Gasteiger partial charge in [0, 0.05) is 12.6 Å². The van der Waals surface area contributed by atoms with Crippen LogP contribution in [0.3, 0.4) is 0 Å². The number of nitrogens with two attached hydrogens (primary N) is 1. The first-order valence-corrected chi connectivity index (χ1v) is 7.84. The molecule has 1 fully saturated rings. The van der Waals surface area contributed by atoms with Crippen molar-refractivity contribution in [2.24, 2.45) is 10.7 Å². The van der Waals surface area contributed by atoms with Crippen molar-refractivity contribution in [1.82, 2.24) is 5.32 Å². The molecule has 0 spiro atoms. The zero-order valence-corrected chi connectivity index (χ0v) is 12.9.